The van der Waals surface area contributed by atoms with Gasteiger partial charge in [0.05, 0.1) is 30.0 Å². The van der Waals surface area contributed by atoms with Crippen LogP contribution in [-0.2, 0) is 4.79 Å². The van der Waals surface area contributed by atoms with E-state index < -0.39 is 24.4 Å². The minimum Gasteiger partial charge on any atom is -0.493 e. The number of carboxylic acid groups (broad SMARTS) is 1. The molecule has 2 amide bonds. The van der Waals surface area contributed by atoms with Gasteiger partial charge in [0.25, 0.3) is 5.97 Å². The first-order valence-corrected chi connectivity index (χ1v) is 9.34. The van der Waals surface area contributed by atoms with Gasteiger partial charge in [0.2, 0.25) is 0 Å². The highest BCUT2D eigenvalue weighted by molar-refractivity contribution is 6.00. The number of halogens is 3. The van der Waals surface area contributed by atoms with Crippen LogP contribution < -0.4 is 20.1 Å². The molecule has 0 saturated carbocycles. The molecule has 0 spiro atoms. The topological polar surface area (TPSA) is 126 Å². The predicted octanol–water partition coefficient (Wildman–Crippen LogP) is 4.20. The number of benzene rings is 2. The van der Waals surface area contributed by atoms with E-state index in [0.717, 1.165) is 17.8 Å². The molecule has 9 nitrogen and oxygen atoms in total. The molecular formula is C20H19F3N4O5. The van der Waals surface area contributed by atoms with Crippen LogP contribution in [0.1, 0.15) is 24.9 Å². The Balaban J connectivity index is 0.000000668. The maximum absolute atomic E-state index is 12.4. The van der Waals surface area contributed by atoms with Crippen LogP contribution in [0.2, 0.25) is 0 Å². The van der Waals surface area contributed by atoms with E-state index >= 15 is 0 Å². The summed E-state index contributed by atoms with van der Waals surface area (Å²) in [5.41, 5.74) is 1.95. The molecule has 4 N–H and O–H groups in total. The van der Waals surface area contributed by atoms with Gasteiger partial charge in [-0.1, -0.05) is 6.07 Å². The van der Waals surface area contributed by atoms with Crippen LogP contribution in [0.3, 0.4) is 0 Å². The standard InChI is InChI=1S/C18H15F3N4O3.C2H4O2/c19-18(20,21)28-10-4-5-11-14(6-7-27-16(11)8-10)24-17(26)23-13-2-1-3-15-12(13)9-22-25-15;1-2(3)4/h1-5,8-9,14H,6-7H2,(H,22,25)(H2,23,24,26);1H3,(H,3,4). The Bertz CT molecular complexity index is 1110. The van der Waals surface area contributed by atoms with Crippen molar-refractivity contribution in [2.75, 3.05) is 11.9 Å². The number of aliphatic carboxylic acids is 1. The number of aromatic nitrogens is 2. The third-order valence-electron chi connectivity index (χ3n) is 4.30. The van der Waals surface area contributed by atoms with Gasteiger partial charge in [0.15, 0.2) is 0 Å². The fraction of sp³-hybridized carbons (Fsp3) is 0.250. The van der Waals surface area contributed by atoms with Crippen LogP contribution in [0, 0.1) is 0 Å². The molecule has 1 aromatic heterocycles. The van der Waals surface area contributed by atoms with E-state index in [1.807, 2.05) is 6.07 Å². The zero-order chi connectivity index (χ0) is 23.3. The summed E-state index contributed by atoms with van der Waals surface area (Å²) >= 11 is 0. The number of hydrogen-bond acceptors (Lipinski definition) is 5. The number of nitrogens with one attached hydrogen (secondary N) is 3. The maximum atomic E-state index is 12.4. The molecule has 0 fully saturated rings. The van der Waals surface area contributed by atoms with Gasteiger partial charge in [-0.25, -0.2) is 4.79 Å². The fourth-order valence-corrected chi connectivity index (χ4v) is 3.11. The number of H-pyrrole nitrogens is 1. The van der Waals surface area contributed by atoms with Crippen LogP contribution in [0.15, 0.2) is 42.6 Å². The molecule has 1 atom stereocenters. The number of carbonyl (C=O) groups excluding carboxylic acids is 1. The minimum atomic E-state index is -4.78. The summed E-state index contributed by atoms with van der Waals surface area (Å²) in [6.45, 7) is 1.34. The summed E-state index contributed by atoms with van der Waals surface area (Å²) in [7, 11) is 0. The lowest BCUT2D eigenvalue weighted by atomic mass is 10.0. The molecule has 32 heavy (non-hydrogen) atoms. The first-order valence-electron chi connectivity index (χ1n) is 9.34. The van der Waals surface area contributed by atoms with Crippen molar-refractivity contribution in [3.8, 4) is 11.5 Å². The van der Waals surface area contributed by atoms with Crippen LogP contribution in [0.4, 0.5) is 23.7 Å². The normalized spacial score (nSPS) is 14.9. The summed E-state index contributed by atoms with van der Waals surface area (Å²) in [5.74, 6) is -0.960. The Morgan fingerprint density at radius 3 is 2.75 bits per heavy atom. The van der Waals surface area contributed by atoms with Crippen molar-refractivity contribution < 1.29 is 37.3 Å². The van der Waals surface area contributed by atoms with E-state index in [4.69, 9.17) is 14.6 Å². The molecule has 1 aliphatic heterocycles. The zero-order valence-electron chi connectivity index (χ0n) is 16.7. The second kappa shape index (κ2) is 9.45. The zero-order valence-corrected chi connectivity index (χ0v) is 16.7. The Kier molecular flexibility index (Phi) is 6.71. The molecule has 2 heterocycles. The average Bonchev–Trinajstić information content (AvgIpc) is 3.16. The Morgan fingerprint density at radius 2 is 2.03 bits per heavy atom. The quantitative estimate of drug-likeness (QED) is 0.472. The van der Waals surface area contributed by atoms with E-state index in [2.05, 4.69) is 25.6 Å². The van der Waals surface area contributed by atoms with Crippen LogP contribution in [-0.4, -0.2) is 40.3 Å². The number of alkyl halides is 3. The molecule has 2 aromatic carbocycles. The average molecular weight is 452 g/mol. The smallest absolute Gasteiger partial charge is 0.493 e. The second-order valence-corrected chi connectivity index (χ2v) is 6.69. The molecule has 0 saturated heterocycles. The number of ether oxygens (including phenoxy) is 2. The van der Waals surface area contributed by atoms with Crippen molar-refractivity contribution in [1.82, 2.24) is 15.5 Å². The second-order valence-electron chi connectivity index (χ2n) is 6.69. The number of nitrogens with zero attached hydrogens (tertiary/aromatic N) is 1. The molecule has 0 radical (unpaired) electrons. The lowest BCUT2D eigenvalue weighted by Gasteiger charge is -2.27. The van der Waals surface area contributed by atoms with E-state index in [1.54, 1.807) is 18.3 Å². The Hall–Kier alpha value is -3.96. The van der Waals surface area contributed by atoms with E-state index in [9.17, 15) is 18.0 Å². The van der Waals surface area contributed by atoms with Gasteiger partial charge in [0, 0.05) is 30.4 Å². The van der Waals surface area contributed by atoms with E-state index in [1.165, 1.54) is 18.2 Å². The highest BCUT2D eigenvalue weighted by Crippen LogP contribution is 2.36. The summed E-state index contributed by atoms with van der Waals surface area (Å²) in [6.07, 6.45) is -2.69. The molecule has 12 heteroatoms. The Labute approximate surface area is 179 Å². The first kappa shape index (κ1) is 22.7. The highest BCUT2D eigenvalue weighted by atomic mass is 19.4. The summed E-state index contributed by atoms with van der Waals surface area (Å²) in [5, 5.41) is 20.5. The van der Waals surface area contributed by atoms with Crippen molar-refractivity contribution >= 4 is 28.6 Å². The molecule has 170 valence electrons. The van der Waals surface area contributed by atoms with E-state index in [0.29, 0.717) is 17.7 Å². The SMILES string of the molecule is CC(=O)O.O=C(Nc1cccc2[nH]ncc12)NC1CCOc2cc(OC(F)(F)F)ccc21. The van der Waals surface area contributed by atoms with Crippen LogP contribution in [0.25, 0.3) is 10.9 Å². The summed E-state index contributed by atoms with van der Waals surface area (Å²) in [6, 6.07) is 8.32. The minimum absolute atomic E-state index is 0.246. The first-order chi connectivity index (χ1) is 15.1. The van der Waals surface area contributed by atoms with E-state index in [-0.39, 0.29) is 18.1 Å². The number of aromatic amines is 1. The number of urea groups is 1. The fourth-order valence-electron chi connectivity index (χ4n) is 3.11. The van der Waals surface area contributed by atoms with Crippen LogP contribution >= 0.6 is 0 Å². The predicted molar refractivity (Wildman–Crippen MR) is 108 cm³/mol. The van der Waals surface area contributed by atoms with Crippen LogP contribution in [0.5, 0.6) is 11.5 Å². The molecule has 0 aliphatic carbocycles. The van der Waals surface area contributed by atoms with Crippen molar-refractivity contribution in [2.45, 2.75) is 25.7 Å². The van der Waals surface area contributed by atoms with Crippen molar-refractivity contribution in [1.29, 1.82) is 0 Å². The van der Waals surface area contributed by atoms with Gasteiger partial charge < -0.3 is 25.2 Å². The largest absolute Gasteiger partial charge is 0.573 e. The highest BCUT2D eigenvalue weighted by Gasteiger charge is 2.32. The monoisotopic (exact) mass is 452 g/mol. The number of amides is 2. The number of rotatable bonds is 3. The molecule has 0 bridgehead atoms. The number of carboxylic acids is 1. The van der Waals surface area contributed by atoms with Gasteiger partial charge in [-0.15, -0.1) is 13.2 Å². The molecule has 3 aromatic rings. The number of carbonyl (C=O) groups is 2. The number of anilines is 1. The van der Waals surface area contributed by atoms with Crippen molar-refractivity contribution in [2.24, 2.45) is 0 Å². The maximum Gasteiger partial charge on any atom is 0.573 e. The third-order valence-corrected chi connectivity index (χ3v) is 4.30. The molecular weight excluding hydrogens is 433 g/mol. The summed E-state index contributed by atoms with van der Waals surface area (Å²) in [4.78, 5) is 21.4. The Morgan fingerprint density at radius 1 is 1.28 bits per heavy atom. The van der Waals surface area contributed by atoms with Gasteiger partial charge in [-0.3, -0.25) is 9.89 Å². The number of fused-ring (bicyclic) bond motifs is 2. The van der Waals surface area contributed by atoms with Gasteiger partial charge in [-0.05, 0) is 24.3 Å². The van der Waals surface area contributed by atoms with Gasteiger partial charge in [0.1, 0.15) is 11.5 Å². The third kappa shape index (κ3) is 6.03. The molecule has 1 aliphatic rings. The van der Waals surface area contributed by atoms with Gasteiger partial charge in [-0.2, -0.15) is 5.10 Å². The van der Waals surface area contributed by atoms with Crippen molar-refractivity contribution in [3.63, 3.8) is 0 Å². The molecule has 1 unspecified atom stereocenters. The summed E-state index contributed by atoms with van der Waals surface area (Å²) < 4.78 is 46.5. The number of hydrogen-bond donors (Lipinski definition) is 4. The van der Waals surface area contributed by atoms with Gasteiger partial charge >= 0.3 is 12.4 Å². The van der Waals surface area contributed by atoms with Crippen molar-refractivity contribution in [3.05, 3.63) is 48.2 Å². The molecule has 4 rings (SSSR count). The lowest BCUT2D eigenvalue weighted by Crippen LogP contribution is -2.35. The lowest BCUT2D eigenvalue weighted by molar-refractivity contribution is -0.274.